The van der Waals surface area contributed by atoms with Crippen LogP contribution < -0.4 is 0 Å². The second-order valence-corrected chi connectivity index (χ2v) is 17.1. The number of nitrogens with zero attached hydrogens (tertiary/aromatic N) is 2. The van der Waals surface area contributed by atoms with E-state index in [2.05, 4.69) is 224 Å². The molecule has 0 atom stereocenters. The highest BCUT2D eigenvalue weighted by atomic mass is 32.1. The Morgan fingerprint density at radius 2 is 0.855 bits per heavy atom. The van der Waals surface area contributed by atoms with Crippen LogP contribution in [0.5, 0.6) is 0 Å². The molecule has 0 aliphatic heterocycles. The lowest BCUT2D eigenvalue weighted by Crippen LogP contribution is -2.28. The lowest BCUT2D eigenvalue weighted by Gasteiger charge is -2.34. The third-order valence-electron chi connectivity index (χ3n) is 12.6. The average Bonchev–Trinajstić information content (AvgIpc) is 3.89. The second-order valence-electron chi connectivity index (χ2n) is 16.0. The van der Waals surface area contributed by atoms with Crippen molar-refractivity contribution in [2.45, 2.75) is 5.41 Å². The van der Waals surface area contributed by atoms with Gasteiger partial charge in [0.15, 0.2) is 5.82 Å². The van der Waals surface area contributed by atoms with Crippen LogP contribution in [0, 0.1) is 0 Å². The third kappa shape index (κ3) is 5.78. The zero-order valence-electron chi connectivity index (χ0n) is 33.7. The van der Waals surface area contributed by atoms with E-state index in [1.807, 2.05) is 17.4 Å². The molecule has 2 nitrogen and oxygen atoms in total. The lowest BCUT2D eigenvalue weighted by atomic mass is 9.67. The summed E-state index contributed by atoms with van der Waals surface area (Å²) in [5.74, 6) is 0.700. The van der Waals surface area contributed by atoms with Crippen LogP contribution in [0.15, 0.2) is 231 Å². The van der Waals surface area contributed by atoms with Crippen molar-refractivity contribution in [3.05, 3.63) is 253 Å². The molecule has 1 aliphatic carbocycles. The number of rotatable bonds is 7. The van der Waals surface area contributed by atoms with E-state index in [0.29, 0.717) is 5.82 Å². The zero-order chi connectivity index (χ0) is 41.0. The first kappa shape index (κ1) is 36.2. The number of benzene rings is 9. The predicted molar refractivity (Wildman–Crippen MR) is 259 cm³/mol. The van der Waals surface area contributed by atoms with Gasteiger partial charge in [-0.05, 0) is 68.3 Å². The first-order valence-electron chi connectivity index (χ1n) is 21.1. The Bertz CT molecular complexity index is 3410. The van der Waals surface area contributed by atoms with Gasteiger partial charge < -0.3 is 0 Å². The summed E-state index contributed by atoms with van der Waals surface area (Å²) in [6.07, 6.45) is 0. The van der Waals surface area contributed by atoms with Gasteiger partial charge in [-0.2, -0.15) is 0 Å². The molecule has 62 heavy (non-hydrogen) atoms. The van der Waals surface area contributed by atoms with Crippen molar-refractivity contribution in [1.82, 2.24) is 9.97 Å². The molecule has 0 saturated carbocycles. The predicted octanol–water partition coefficient (Wildman–Crippen LogP) is 15.5. The lowest BCUT2D eigenvalue weighted by molar-refractivity contribution is 0.768. The fraction of sp³-hybridized carbons (Fsp3) is 0.0169. The maximum absolute atomic E-state index is 5.29. The molecular weight excluding hydrogens is 769 g/mol. The van der Waals surface area contributed by atoms with Crippen molar-refractivity contribution in [2.24, 2.45) is 0 Å². The van der Waals surface area contributed by atoms with Gasteiger partial charge in [-0.15, -0.1) is 11.3 Å². The maximum Gasteiger partial charge on any atom is 0.160 e. The van der Waals surface area contributed by atoms with E-state index in [1.54, 1.807) is 0 Å². The molecule has 0 saturated heterocycles. The Morgan fingerprint density at radius 1 is 0.323 bits per heavy atom. The molecule has 0 radical (unpaired) electrons. The van der Waals surface area contributed by atoms with Crippen molar-refractivity contribution in [3.8, 4) is 67.3 Å². The summed E-state index contributed by atoms with van der Waals surface area (Å²) in [6.45, 7) is 0. The molecule has 0 amide bonds. The van der Waals surface area contributed by atoms with Gasteiger partial charge in [-0.1, -0.05) is 212 Å². The summed E-state index contributed by atoms with van der Waals surface area (Å²) in [5.41, 5.74) is 16.8. The van der Waals surface area contributed by atoms with Crippen LogP contribution in [0.25, 0.3) is 87.5 Å². The molecule has 2 aromatic heterocycles. The van der Waals surface area contributed by atoms with Crippen molar-refractivity contribution in [2.75, 3.05) is 0 Å². The minimum absolute atomic E-state index is 0.432. The summed E-state index contributed by atoms with van der Waals surface area (Å²) in [7, 11) is 0. The third-order valence-corrected chi connectivity index (χ3v) is 13.8. The van der Waals surface area contributed by atoms with E-state index >= 15 is 0 Å². The minimum atomic E-state index is -0.432. The zero-order valence-corrected chi connectivity index (χ0v) is 34.6. The summed E-state index contributed by atoms with van der Waals surface area (Å²) >= 11 is 1.85. The monoisotopic (exact) mass is 806 g/mol. The smallest absolute Gasteiger partial charge is 0.160 e. The molecule has 12 rings (SSSR count). The highest BCUT2D eigenvalue weighted by Crippen LogP contribution is 2.56. The minimum Gasteiger partial charge on any atom is -0.228 e. The van der Waals surface area contributed by atoms with Gasteiger partial charge in [0.2, 0.25) is 0 Å². The van der Waals surface area contributed by atoms with E-state index in [1.165, 1.54) is 59.1 Å². The molecule has 0 unspecified atom stereocenters. The molecule has 2 heterocycles. The fourth-order valence-corrected chi connectivity index (χ4v) is 11.1. The van der Waals surface area contributed by atoms with Crippen LogP contribution in [0.3, 0.4) is 0 Å². The molecule has 0 spiro atoms. The van der Waals surface area contributed by atoms with E-state index in [0.717, 1.165) is 44.8 Å². The van der Waals surface area contributed by atoms with Crippen LogP contribution in [-0.2, 0) is 5.41 Å². The molecule has 9 aromatic carbocycles. The van der Waals surface area contributed by atoms with Gasteiger partial charge in [0.25, 0.3) is 0 Å². The Morgan fingerprint density at radius 3 is 1.61 bits per heavy atom. The summed E-state index contributed by atoms with van der Waals surface area (Å²) in [4.78, 5) is 10.6. The molecule has 3 heteroatoms. The van der Waals surface area contributed by atoms with Gasteiger partial charge in [0, 0.05) is 42.4 Å². The first-order chi connectivity index (χ1) is 30.7. The standard InChI is InChI=1S/C59H38N2S/c1-3-17-40(18-4-1)58-60-54(38-55(61-58)48-26-8-7-23-45(48)50-28-16-29-51-49-27-11-14-32-56(49)62-57(50)51)42-20-15-19-41(37-42)39-33-35-44(36-34-39)59(43-21-5-2-6-22-43)52-30-12-9-24-46(52)47-25-10-13-31-53(47)59/h1-38H. The van der Waals surface area contributed by atoms with E-state index < -0.39 is 5.41 Å². The van der Waals surface area contributed by atoms with E-state index in [-0.39, 0.29) is 0 Å². The Labute approximate surface area is 365 Å². The van der Waals surface area contributed by atoms with Gasteiger partial charge in [-0.3, -0.25) is 0 Å². The van der Waals surface area contributed by atoms with Crippen LogP contribution in [0.2, 0.25) is 0 Å². The molecular formula is C59H38N2S. The highest BCUT2D eigenvalue weighted by molar-refractivity contribution is 7.26. The summed E-state index contributed by atoms with van der Waals surface area (Å²) in [5, 5.41) is 2.58. The highest BCUT2D eigenvalue weighted by Gasteiger charge is 2.45. The normalized spacial score (nSPS) is 12.6. The van der Waals surface area contributed by atoms with Gasteiger partial charge in [-0.25, -0.2) is 9.97 Å². The van der Waals surface area contributed by atoms with Crippen LogP contribution >= 0.6 is 11.3 Å². The first-order valence-corrected chi connectivity index (χ1v) is 22.0. The SMILES string of the molecule is c1ccc(-c2nc(-c3cccc(-c4ccc(C5(c6ccccc6)c6ccccc6-c6ccccc65)cc4)c3)cc(-c3ccccc3-c3cccc4c3sc3ccccc34)n2)cc1. The van der Waals surface area contributed by atoms with Crippen LogP contribution in [0.1, 0.15) is 22.3 Å². The van der Waals surface area contributed by atoms with Gasteiger partial charge in [0.05, 0.1) is 16.8 Å². The summed E-state index contributed by atoms with van der Waals surface area (Å²) < 4.78 is 2.58. The topological polar surface area (TPSA) is 25.8 Å². The molecule has 1 aliphatic rings. The quantitative estimate of drug-likeness (QED) is 0.160. The Balaban J connectivity index is 0.976. The van der Waals surface area contributed by atoms with Crippen molar-refractivity contribution in [1.29, 1.82) is 0 Å². The molecule has 11 aromatic rings. The van der Waals surface area contributed by atoms with E-state index in [9.17, 15) is 0 Å². The van der Waals surface area contributed by atoms with Crippen molar-refractivity contribution >= 4 is 31.5 Å². The van der Waals surface area contributed by atoms with Crippen molar-refractivity contribution in [3.63, 3.8) is 0 Å². The van der Waals surface area contributed by atoms with E-state index in [4.69, 9.17) is 9.97 Å². The Hall–Kier alpha value is -7.72. The van der Waals surface area contributed by atoms with Gasteiger partial charge >= 0.3 is 0 Å². The second kappa shape index (κ2) is 14.8. The Kier molecular flexibility index (Phi) is 8.62. The molecule has 290 valence electrons. The molecule has 0 bridgehead atoms. The van der Waals surface area contributed by atoms with Crippen LogP contribution in [-0.4, -0.2) is 9.97 Å². The van der Waals surface area contributed by atoms with Crippen molar-refractivity contribution < 1.29 is 0 Å². The average molecular weight is 807 g/mol. The van der Waals surface area contributed by atoms with Crippen LogP contribution in [0.4, 0.5) is 0 Å². The van der Waals surface area contributed by atoms with Gasteiger partial charge in [0.1, 0.15) is 0 Å². The number of aromatic nitrogens is 2. The number of hydrogen-bond acceptors (Lipinski definition) is 3. The molecule has 0 N–H and O–H groups in total. The number of hydrogen-bond donors (Lipinski definition) is 0. The largest absolute Gasteiger partial charge is 0.228 e. The summed E-state index contributed by atoms with van der Waals surface area (Å²) in [6, 6.07) is 83.3. The number of thiophene rings is 1. The fourth-order valence-electron chi connectivity index (χ4n) is 9.83. The number of fused-ring (bicyclic) bond motifs is 6. The molecule has 0 fully saturated rings. The maximum atomic E-state index is 5.29.